The SMILES string of the molecule is CCN(CC)C(CNC(=NC)NCc1nnc(C)n1C)c1ccccc1Cl.I. The highest BCUT2D eigenvalue weighted by atomic mass is 127. The Morgan fingerprint density at radius 1 is 1.21 bits per heavy atom. The van der Waals surface area contributed by atoms with Crippen molar-refractivity contribution >= 4 is 41.5 Å². The van der Waals surface area contributed by atoms with E-state index in [1.165, 1.54) is 0 Å². The summed E-state index contributed by atoms with van der Waals surface area (Å²) in [5, 5.41) is 15.8. The zero-order valence-corrected chi connectivity index (χ0v) is 20.3. The quantitative estimate of drug-likeness (QED) is 0.319. The highest BCUT2D eigenvalue weighted by Gasteiger charge is 2.20. The number of rotatable bonds is 8. The molecule has 0 bridgehead atoms. The Morgan fingerprint density at radius 2 is 1.89 bits per heavy atom. The van der Waals surface area contributed by atoms with Gasteiger partial charge in [-0.1, -0.05) is 43.6 Å². The van der Waals surface area contributed by atoms with Crippen LogP contribution in [0.5, 0.6) is 0 Å². The summed E-state index contributed by atoms with van der Waals surface area (Å²) in [6.07, 6.45) is 0. The Hall–Kier alpha value is -1.39. The molecule has 1 heterocycles. The maximum absolute atomic E-state index is 6.47. The molecule has 28 heavy (non-hydrogen) atoms. The number of aromatic nitrogens is 3. The van der Waals surface area contributed by atoms with E-state index in [9.17, 15) is 0 Å². The van der Waals surface area contributed by atoms with E-state index >= 15 is 0 Å². The third-order valence-electron chi connectivity index (χ3n) is 4.80. The fourth-order valence-electron chi connectivity index (χ4n) is 3.03. The van der Waals surface area contributed by atoms with Crippen LogP contribution in [0, 0.1) is 6.92 Å². The summed E-state index contributed by atoms with van der Waals surface area (Å²) in [5.41, 5.74) is 1.12. The molecule has 156 valence electrons. The van der Waals surface area contributed by atoms with E-state index in [0.29, 0.717) is 13.1 Å². The van der Waals surface area contributed by atoms with Crippen molar-refractivity contribution in [2.45, 2.75) is 33.4 Å². The number of benzene rings is 1. The van der Waals surface area contributed by atoms with Crippen LogP contribution in [0.25, 0.3) is 0 Å². The molecule has 0 saturated heterocycles. The lowest BCUT2D eigenvalue weighted by atomic mass is 10.0. The van der Waals surface area contributed by atoms with Gasteiger partial charge in [-0.3, -0.25) is 9.89 Å². The van der Waals surface area contributed by atoms with Crippen molar-refractivity contribution < 1.29 is 0 Å². The number of halogens is 2. The molecule has 0 aliphatic carbocycles. The maximum Gasteiger partial charge on any atom is 0.191 e. The molecule has 1 aromatic carbocycles. The van der Waals surface area contributed by atoms with Crippen molar-refractivity contribution in [2.75, 3.05) is 26.7 Å². The van der Waals surface area contributed by atoms with Crippen molar-refractivity contribution in [1.82, 2.24) is 30.3 Å². The first-order chi connectivity index (χ1) is 13.0. The van der Waals surface area contributed by atoms with Crippen molar-refractivity contribution in [2.24, 2.45) is 12.0 Å². The first-order valence-electron chi connectivity index (χ1n) is 9.29. The lowest BCUT2D eigenvalue weighted by molar-refractivity contribution is 0.219. The van der Waals surface area contributed by atoms with Gasteiger partial charge in [0, 0.05) is 25.7 Å². The summed E-state index contributed by atoms with van der Waals surface area (Å²) in [7, 11) is 3.72. The van der Waals surface area contributed by atoms with E-state index in [1.807, 2.05) is 36.7 Å². The highest BCUT2D eigenvalue weighted by molar-refractivity contribution is 14.0. The monoisotopic (exact) mass is 519 g/mol. The predicted octanol–water partition coefficient (Wildman–Crippen LogP) is 3.14. The third-order valence-corrected chi connectivity index (χ3v) is 5.14. The van der Waals surface area contributed by atoms with Crippen LogP contribution >= 0.6 is 35.6 Å². The molecule has 0 aliphatic rings. The molecule has 0 fully saturated rings. The predicted molar refractivity (Wildman–Crippen MR) is 126 cm³/mol. The number of aliphatic imine (C=N–C) groups is 1. The van der Waals surface area contributed by atoms with Crippen LogP contribution in [0.1, 0.15) is 37.1 Å². The molecule has 7 nitrogen and oxygen atoms in total. The van der Waals surface area contributed by atoms with Gasteiger partial charge in [0.15, 0.2) is 11.8 Å². The standard InChI is InChI=1S/C19H30ClN7.HI/c1-6-27(7-2)17(15-10-8-9-11-16(15)20)12-22-19(21-4)23-13-18-25-24-14(3)26(18)5;/h8-11,17H,6-7,12-13H2,1-5H3,(H2,21,22,23);1H. The Labute approximate surface area is 190 Å². The number of hydrogen-bond donors (Lipinski definition) is 2. The van der Waals surface area contributed by atoms with Crippen LogP contribution in [-0.4, -0.2) is 52.3 Å². The topological polar surface area (TPSA) is 70.4 Å². The van der Waals surface area contributed by atoms with E-state index in [0.717, 1.165) is 41.3 Å². The molecule has 2 rings (SSSR count). The van der Waals surface area contributed by atoms with Gasteiger partial charge in [-0.2, -0.15) is 0 Å². The van der Waals surface area contributed by atoms with Crippen LogP contribution < -0.4 is 10.6 Å². The molecule has 1 aromatic heterocycles. The molecule has 0 amide bonds. The average Bonchev–Trinajstić information content (AvgIpc) is 3.00. The largest absolute Gasteiger partial charge is 0.354 e. The van der Waals surface area contributed by atoms with E-state index in [-0.39, 0.29) is 30.0 Å². The fraction of sp³-hybridized carbons (Fsp3) is 0.526. The normalized spacial score (nSPS) is 12.6. The molecule has 1 atom stereocenters. The van der Waals surface area contributed by atoms with Crippen LogP contribution in [0.2, 0.25) is 5.02 Å². The van der Waals surface area contributed by atoms with Crippen LogP contribution in [-0.2, 0) is 13.6 Å². The molecule has 2 N–H and O–H groups in total. The van der Waals surface area contributed by atoms with Gasteiger partial charge < -0.3 is 15.2 Å². The van der Waals surface area contributed by atoms with E-state index in [1.54, 1.807) is 7.05 Å². The van der Waals surface area contributed by atoms with Gasteiger partial charge in [-0.15, -0.1) is 34.2 Å². The first-order valence-corrected chi connectivity index (χ1v) is 9.67. The van der Waals surface area contributed by atoms with Crippen molar-refractivity contribution in [1.29, 1.82) is 0 Å². The van der Waals surface area contributed by atoms with Crippen LogP contribution in [0.3, 0.4) is 0 Å². The van der Waals surface area contributed by atoms with Gasteiger partial charge >= 0.3 is 0 Å². The molecular weight excluding hydrogens is 489 g/mol. The summed E-state index contributed by atoms with van der Waals surface area (Å²) >= 11 is 6.47. The Morgan fingerprint density at radius 3 is 2.43 bits per heavy atom. The van der Waals surface area contributed by atoms with Gasteiger partial charge in [-0.05, 0) is 31.6 Å². The summed E-state index contributed by atoms with van der Waals surface area (Å²) in [5.74, 6) is 2.47. The zero-order valence-electron chi connectivity index (χ0n) is 17.2. The third kappa shape index (κ3) is 6.31. The molecule has 0 radical (unpaired) electrons. The lowest BCUT2D eigenvalue weighted by Crippen LogP contribution is -2.43. The van der Waals surface area contributed by atoms with Crippen LogP contribution in [0.15, 0.2) is 29.3 Å². The Bertz CT molecular complexity index is 758. The Balaban J connectivity index is 0.00000392. The number of nitrogens with one attached hydrogen (secondary N) is 2. The smallest absolute Gasteiger partial charge is 0.191 e. The minimum Gasteiger partial charge on any atom is -0.354 e. The Kier molecular flexibility index (Phi) is 10.8. The number of aryl methyl sites for hydroxylation is 1. The van der Waals surface area contributed by atoms with Crippen molar-refractivity contribution in [3.63, 3.8) is 0 Å². The summed E-state index contributed by atoms with van der Waals surface area (Å²) in [6, 6.07) is 8.18. The van der Waals surface area contributed by atoms with Gasteiger partial charge in [0.25, 0.3) is 0 Å². The molecule has 0 spiro atoms. The van der Waals surface area contributed by atoms with Gasteiger partial charge in [0.1, 0.15) is 5.82 Å². The lowest BCUT2D eigenvalue weighted by Gasteiger charge is -2.31. The molecule has 0 saturated carbocycles. The van der Waals surface area contributed by atoms with Crippen molar-refractivity contribution in [3.8, 4) is 0 Å². The summed E-state index contributed by atoms with van der Waals surface area (Å²) in [6.45, 7) is 9.40. The number of likely N-dealkylation sites (N-methyl/N-ethyl adjacent to an activating group) is 1. The molecule has 2 aromatic rings. The molecule has 9 heteroatoms. The van der Waals surface area contributed by atoms with E-state index in [2.05, 4.69) is 50.6 Å². The maximum atomic E-state index is 6.47. The highest BCUT2D eigenvalue weighted by Crippen LogP contribution is 2.26. The molecule has 0 aliphatic heterocycles. The average molecular weight is 520 g/mol. The number of nitrogens with zero attached hydrogens (tertiary/aromatic N) is 5. The van der Waals surface area contributed by atoms with E-state index < -0.39 is 0 Å². The minimum atomic E-state index is 0. The van der Waals surface area contributed by atoms with E-state index in [4.69, 9.17) is 11.6 Å². The molecular formula is C19H31ClIN7. The van der Waals surface area contributed by atoms with Crippen molar-refractivity contribution in [3.05, 3.63) is 46.5 Å². The summed E-state index contributed by atoms with van der Waals surface area (Å²) < 4.78 is 1.96. The van der Waals surface area contributed by atoms with Gasteiger partial charge in [0.05, 0.1) is 12.6 Å². The van der Waals surface area contributed by atoms with Crippen LogP contribution in [0.4, 0.5) is 0 Å². The number of hydrogen-bond acceptors (Lipinski definition) is 4. The second-order valence-corrected chi connectivity index (χ2v) is 6.69. The zero-order chi connectivity index (χ0) is 19.8. The fourth-order valence-corrected chi connectivity index (χ4v) is 3.29. The second kappa shape index (κ2) is 12.2. The molecule has 1 unspecified atom stereocenters. The second-order valence-electron chi connectivity index (χ2n) is 6.29. The minimum absolute atomic E-state index is 0. The number of guanidine groups is 1. The van der Waals surface area contributed by atoms with Gasteiger partial charge in [-0.25, -0.2) is 0 Å². The summed E-state index contributed by atoms with van der Waals surface area (Å²) in [4.78, 5) is 6.71. The first kappa shape index (κ1) is 24.6. The van der Waals surface area contributed by atoms with Gasteiger partial charge in [0.2, 0.25) is 0 Å².